The van der Waals surface area contributed by atoms with Crippen LogP contribution in [0.3, 0.4) is 0 Å². The van der Waals surface area contributed by atoms with Crippen molar-refractivity contribution >= 4 is 33.8 Å². The summed E-state index contributed by atoms with van der Waals surface area (Å²) in [6, 6.07) is 0. The average Bonchev–Trinajstić information content (AvgIpc) is 2.30. The van der Waals surface area contributed by atoms with Crippen molar-refractivity contribution < 1.29 is 22.6 Å². The lowest BCUT2D eigenvalue weighted by Crippen LogP contribution is -2.64. The molecule has 2 unspecified atom stereocenters. The van der Waals surface area contributed by atoms with E-state index < -0.39 is 45.2 Å². The molecule has 0 fully saturated rings. The Bertz CT molecular complexity index is 361. The third kappa shape index (κ3) is 8.06. The summed E-state index contributed by atoms with van der Waals surface area (Å²) in [4.78, 5) is 0. The molecule has 0 saturated heterocycles. The maximum atomic E-state index is 10.5. The summed E-state index contributed by atoms with van der Waals surface area (Å²) in [6.07, 6.45) is 1.16. The molecule has 0 heterocycles. The summed E-state index contributed by atoms with van der Waals surface area (Å²) in [7, 11) is -9.25. The fourth-order valence-corrected chi connectivity index (χ4v) is 22.2. The number of rotatable bonds is 10. The molecular formula is C14H38O5Si4. The smallest absolute Gasteiger partial charge is 0.312 e. The highest BCUT2D eigenvalue weighted by atomic mass is 28.5. The Balaban J connectivity index is 5.26. The molecule has 0 amide bonds. The van der Waals surface area contributed by atoms with Crippen molar-refractivity contribution in [2.45, 2.75) is 90.5 Å². The maximum Gasteiger partial charge on any atom is 0.312 e. The lowest BCUT2D eigenvalue weighted by Gasteiger charge is -2.44. The average molecular weight is 399 g/mol. The molecule has 2 atom stereocenters. The van der Waals surface area contributed by atoms with Gasteiger partial charge in [-0.3, -0.25) is 0 Å². The number of aliphatic hydroxyl groups is 2. The first-order chi connectivity index (χ1) is 10.1. The minimum Gasteiger partial charge on any atom is -0.437 e. The predicted molar refractivity (Wildman–Crippen MR) is 106 cm³/mol. The fourth-order valence-electron chi connectivity index (χ4n) is 3.07. The highest BCUT2D eigenvalue weighted by Gasteiger charge is 2.50. The van der Waals surface area contributed by atoms with E-state index in [9.17, 15) is 10.2 Å². The van der Waals surface area contributed by atoms with Crippen molar-refractivity contribution in [2.75, 3.05) is 0 Å². The van der Waals surface area contributed by atoms with E-state index in [1.54, 1.807) is 0 Å². The summed E-state index contributed by atoms with van der Waals surface area (Å²) in [5.74, 6) is 0. The quantitative estimate of drug-likeness (QED) is 0.551. The van der Waals surface area contributed by atoms with E-state index >= 15 is 0 Å². The van der Waals surface area contributed by atoms with Crippen molar-refractivity contribution in [3.63, 3.8) is 0 Å². The summed E-state index contributed by atoms with van der Waals surface area (Å²) < 4.78 is 19.0. The molecule has 0 saturated carbocycles. The van der Waals surface area contributed by atoms with Crippen LogP contribution in [-0.2, 0) is 12.3 Å². The molecule has 140 valence electrons. The molecule has 5 nitrogen and oxygen atoms in total. The zero-order valence-corrected chi connectivity index (χ0v) is 20.7. The summed E-state index contributed by atoms with van der Waals surface area (Å²) in [6.45, 7) is 20.3. The van der Waals surface area contributed by atoms with Crippen LogP contribution in [0.1, 0.15) is 26.7 Å². The minimum absolute atomic E-state index is 0.580. The van der Waals surface area contributed by atoms with Crippen molar-refractivity contribution in [1.82, 2.24) is 0 Å². The first-order valence-corrected chi connectivity index (χ1v) is 20.2. The molecule has 0 aromatic rings. The fraction of sp³-hybridized carbons (Fsp3) is 1.00. The molecule has 0 aliphatic heterocycles. The van der Waals surface area contributed by atoms with Crippen molar-refractivity contribution in [1.29, 1.82) is 0 Å². The van der Waals surface area contributed by atoms with Crippen molar-refractivity contribution in [3.8, 4) is 0 Å². The molecule has 0 aliphatic carbocycles. The highest BCUT2D eigenvalue weighted by Crippen LogP contribution is 2.28. The van der Waals surface area contributed by atoms with E-state index in [1.165, 1.54) is 0 Å². The van der Waals surface area contributed by atoms with Crippen LogP contribution in [-0.4, -0.2) is 55.4 Å². The second-order valence-electron chi connectivity index (χ2n) is 8.25. The third-order valence-corrected chi connectivity index (χ3v) is 19.1. The molecule has 0 spiro atoms. The Morgan fingerprint density at radius 2 is 1.00 bits per heavy atom. The summed E-state index contributed by atoms with van der Waals surface area (Å²) >= 11 is 0. The molecular weight excluding hydrogens is 360 g/mol. The molecule has 0 bridgehead atoms. The van der Waals surface area contributed by atoms with Crippen LogP contribution in [0.25, 0.3) is 0 Å². The predicted octanol–water partition coefficient (Wildman–Crippen LogP) is 3.47. The molecule has 0 radical (unpaired) electrons. The van der Waals surface area contributed by atoms with Gasteiger partial charge in [-0.15, -0.1) is 0 Å². The van der Waals surface area contributed by atoms with Gasteiger partial charge in [0.2, 0.25) is 8.32 Å². The van der Waals surface area contributed by atoms with Gasteiger partial charge in [0.25, 0.3) is 0 Å². The molecule has 23 heavy (non-hydrogen) atoms. The van der Waals surface area contributed by atoms with E-state index in [0.29, 0.717) is 12.8 Å². The van der Waals surface area contributed by atoms with E-state index in [4.69, 9.17) is 12.3 Å². The van der Waals surface area contributed by atoms with Gasteiger partial charge in [0, 0.05) is 0 Å². The van der Waals surface area contributed by atoms with E-state index in [1.807, 2.05) is 33.5 Å². The van der Waals surface area contributed by atoms with Gasteiger partial charge >= 0.3 is 17.1 Å². The van der Waals surface area contributed by atoms with Crippen LogP contribution in [0.5, 0.6) is 0 Å². The van der Waals surface area contributed by atoms with Crippen molar-refractivity contribution in [2.24, 2.45) is 0 Å². The summed E-state index contributed by atoms with van der Waals surface area (Å²) in [5, 5.41) is 20.9. The van der Waals surface area contributed by atoms with Gasteiger partial charge in [0.1, 0.15) is 0 Å². The van der Waals surface area contributed by atoms with Gasteiger partial charge in [-0.25, -0.2) is 0 Å². The maximum absolute atomic E-state index is 10.5. The first kappa shape index (κ1) is 23.7. The second kappa shape index (κ2) is 8.37. The minimum atomic E-state index is -2.72. The van der Waals surface area contributed by atoms with Crippen LogP contribution in [0.4, 0.5) is 0 Å². The Morgan fingerprint density at radius 1 is 0.652 bits per heavy atom. The molecule has 0 aromatic heterocycles. The third-order valence-electron chi connectivity index (χ3n) is 3.61. The lowest BCUT2D eigenvalue weighted by atomic mass is 10.5. The van der Waals surface area contributed by atoms with Crippen LogP contribution in [0.2, 0.25) is 52.4 Å². The Morgan fingerprint density at radius 3 is 1.30 bits per heavy atom. The van der Waals surface area contributed by atoms with Gasteiger partial charge < -0.3 is 22.6 Å². The SMILES string of the molecule is CCC(O)[Si](C)(O[Si](C)(C)O[Si](C)(C)O[Si](C)(C)C)C(O)CC. The molecule has 0 rings (SSSR count). The van der Waals surface area contributed by atoms with Crippen LogP contribution in [0.15, 0.2) is 0 Å². The van der Waals surface area contributed by atoms with Gasteiger partial charge in [-0.1, -0.05) is 13.8 Å². The van der Waals surface area contributed by atoms with Gasteiger partial charge in [0.15, 0.2) is 8.32 Å². The van der Waals surface area contributed by atoms with E-state index in [-0.39, 0.29) is 0 Å². The normalized spacial score (nSPS) is 19.3. The Hall–Kier alpha value is 0.668. The van der Waals surface area contributed by atoms with Crippen LogP contribution in [0, 0.1) is 0 Å². The topological polar surface area (TPSA) is 68.2 Å². The second-order valence-corrected chi connectivity index (χ2v) is 24.2. The van der Waals surface area contributed by atoms with Gasteiger partial charge in [-0.2, -0.15) is 0 Å². The van der Waals surface area contributed by atoms with Gasteiger partial charge in [0.05, 0.1) is 11.5 Å². The Labute approximate surface area is 147 Å². The van der Waals surface area contributed by atoms with Crippen LogP contribution < -0.4 is 0 Å². The van der Waals surface area contributed by atoms with Gasteiger partial charge in [-0.05, 0) is 65.2 Å². The summed E-state index contributed by atoms with van der Waals surface area (Å²) in [5.41, 5.74) is -1.20. The zero-order valence-electron chi connectivity index (χ0n) is 16.7. The number of aliphatic hydroxyl groups excluding tert-OH is 2. The molecule has 9 heteroatoms. The zero-order chi connectivity index (χ0) is 18.7. The van der Waals surface area contributed by atoms with Crippen molar-refractivity contribution in [3.05, 3.63) is 0 Å². The Kier molecular flexibility index (Phi) is 8.61. The van der Waals surface area contributed by atoms with E-state index in [2.05, 4.69) is 32.7 Å². The standard InChI is InChI=1S/C14H38O5Si4/c1-11-13(15)23(10,14(16)12-2)19-22(8,9)18-21(6,7)17-20(3,4)5/h13-16H,11-12H2,1-10H3. The highest BCUT2D eigenvalue weighted by molar-refractivity contribution is 6.90. The monoisotopic (exact) mass is 398 g/mol. The van der Waals surface area contributed by atoms with E-state index in [0.717, 1.165) is 0 Å². The first-order valence-electron chi connectivity index (χ1n) is 8.55. The molecule has 0 aliphatic rings. The molecule has 0 aromatic carbocycles. The lowest BCUT2D eigenvalue weighted by molar-refractivity contribution is 0.156. The largest absolute Gasteiger partial charge is 0.437 e. The van der Waals surface area contributed by atoms with Crippen LogP contribution >= 0.6 is 0 Å². The number of hydrogen-bond donors (Lipinski definition) is 2. The number of hydrogen-bond acceptors (Lipinski definition) is 5. The molecule has 2 N–H and O–H groups in total.